The van der Waals surface area contributed by atoms with E-state index in [2.05, 4.69) is 51.6 Å². The maximum atomic E-state index is 5.38. The van der Waals surface area contributed by atoms with Crippen molar-refractivity contribution >= 4 is 18.4 Å². The van der Waals surface area contributed by atoms with Gasteiger partial charge in [0.05, 0.1) is 24.1 Å². The summed E-state index contributed by atoms with van der Waals surface area (Å²) in [5, 5.41) is 20.9. The van der Waals surface area contributed by atoms with E-state index in [1.807, 2.05) is 38.4 Å². The highest BCUT2D eigenvalue weighted by Crippen LogP contribution is 2.15. The zero-order valence-electron chi connectivity index (χ0n) is 17.7. The molecule has 0 unspecified atom stereocenters. The first kappa shape index (κ1) is 20.0. The predicted molar refractivity (Wildman–Crippen MR) is 119 cm³/mol. The molecule has 0 aliphatic heterocycles. The number of hydrogen-bond donors (Lipinski definition) is 1. The highest BCUT2D eigenvalue weighted by molar-refractivity contribution is 7.71. The van der Waals surface area contributed by atoms with Gasteiger partial charge in [-0.25, -0.2) is 9.78 Å². The maximum Gasteiger partial charge on any atom is 0.271 e. The van der Waals surface area contributed by atoms with Crippen LogP contribution in [0.1, 0.15) is 39.5 Å². The van der Waals surface area contributed by atoms with Gasteiger partial charge in [0.25, 0.3) is 5.95 Å². The summed E-state index contributed by atoms with van der Waals surface area (Å²) in [6.45, 7) is 10.7. The minimum absolute atomic E-state index is 0.399. The molecule has 0 radical (unpaired) electrons. The quantitative estimate of drug-likeness (QED) is 0.393. The lowest BCUT2D eigenvalue weighted by atomic mass is 10.1. The topological polar surface area (TPSA) is 81.6 Å². The van der Waals surface area contributed by atoms with E-state index in [9.17, 15) is 0 Å². The van der Waals surface area contributed by atoms with Crippen molar-refractivity contribution in [2.75, 3.05) is 0 Å². The average Bonchev–Trinajstić information content (AvgIpc) is 3.31. The van der Waals surface area contributed by atoms with E-state index in [-0.39, 0.29) is 0 Å². The molecule has 4 aromatic rings. The number of aryl methyl sites for hydroxylation is 4. The van der Waals surface area contributed by atoms with Gasteiger partial charge in [0.15, 0.2) is 0 Å². The molecule has 0 aliphatic carbocycles. The average molecular weight is 421 g/mol. The van der Waals surface area contributed by atoms with Crippen molar-refractivity contribution in [3.8, 4) is 5.95 Å². The van der Waals surface area contributed by atoms with Crippen LogP contribution in [0.2, 0.25) is 0 Å². The summed E-state index contributed by atoms with van der Waals surface area (Å²) < 4.78 is 5.69. The van der Waals surface area contributed by atoms with Crippen LogP contribution in [0.4, 0.5) is 0 Å². The molecule has 0 saturated heterocycles. The lowest BCUT2D eigenvalue weighted by Crippen LogP contribution is -2.07. The Morgan fingerprint density at radius 3 is 2.47 bits per heavy atom. The van der Waals surface area contributed by atoms with E-state index in [0.29, 0.717) is 17.3 Å². The Bertz CT molecular complexity index is 1280. The van der Waals surface area contributed by atoms with Crippen LogP contribution in [0.3, 0.4) is 0 Å². The minimum Gasteiger partial charge on any atom is -0.265 e. The number of nitrogens with one attached hydrogen (secondary N) is 1. The van der Waals surface area contributed by atoms with Gasteiger partial charge in [0.1, 0.15) is 0 Å². The summed E-state index contributed by atoms with van der Waals surface area (Å²) in [5.41, 5.74) is 7.22. The van der Waals surface area contributed by atoms with Crippen molar-refractivity contribution in [1.82, 2.24) is 34.4 Å². The normalized spacial score (nSPS) is 11.6. The second-order valence-electron chi connectivity index (χ2n) is 7.45. The van der Waals surface area contributed by atoms with Crippen molar-refractivity contribution in [3.05, 3.63) is 74.6 Å². The second-order valence-corrected chi connectivity index (χ2v) is 7.84. The molecule has 1 aromatic carbocycles. The first-order chi connectivity index (χ1) is 14.3. The highest BCUT2D eigenvalue weighted by atomic mass is 32.1. The lowest BCUT2D eigenvalue weighted by Gasteiger charge is -2.05. The fourth-order valence-electron chi connectivity index (χ4n) is 3.39. The van der Waals surface area contributed by atoms with Gasteiger partial charge >= 0.3 is 0 Å². The van der Waals surface area contributed by atoms with E-state index < -0.39 is 0 Å². The Morgan fingerprint density at radius 1 is 1.07 bits per heavy atom. The first-order valence-corrected chi connectivity index (χ1v) is 10.1. The van der Waals surface area contributed by atoms with Crippen molar-refractivity contribution < 1.29 is 0 Å². The molecule has 3 aromatic heterocycles. The highest BCUT2D eigenvalue weighted by Gasteiger charge is 2.14. The molecule has 0 saturated carbocycles. The molecule has 9 heteroatoms. The fraction of sp³-hybridized carbons (Fsp3) is 0.286. The molecular formula is C21H24N8S. The molecule has 0 bridgehead atoms. The number of nitrogens with zero attached hydrogens (tertiary/aromatic N) is 7. The predicted octanol–water partition coefficient (Wildman–Crippen LogP) is 3.80. The van der Waals surface area contributed by atoms with E-state index in [0.717, 1.165) is 28.3 Å². The van der Waals surface area contributed by atoms with Crippen LogP contribution in [-0.2, 0) is 6.54 Å². The Labute approximate surface area is 179 Å². The van der Waals surface area contributed by atoms with Crippen LogP contribution in [0, 0.1) is 39.4 Å². The van der Waals surface area contributed by atoms with Gasteiger partial charge in [-0.3, -0.25) is 4.68 Å². The van der Waals surface area contributed by atoms with E-state index >= 15 is 0 Å². The number of aromatic amines is 1. The summed E-state index contributed by atoms with van der Waals surface area (Å²) in [6.07, 6.45) is 1.78. The standard InChI is InChI=1S/C21H24N8S/c1-13-6-8-18(9-7-13)12-27-17(5)19(16(4)26-27)11-22-29-20(23-24-21(29)30)28-15(3)10-14(2)25-28/h6-11H,12H2,1-5H3,(H,24,30)/b22-11-. The molecule has 0 spiro atoms. The van der Waals surface area contributed by atoms with Crippen molar-refractivity contribution in [2.45, 2.75) is 41.2 Å². The van der Waals surface area contributed by atoms with Crippen LogP contribution in [0.25, 0.3) is 5.95 Å². The second kappa shape index (κ2) is 7.83. The molecule has 0 fully saturated rings. The van der Waals surface area contributed by atoms with Gasteiger partial charge < -0.3 is 0 Å². The summed E-state index contributed by atoms with van der Waals surface area (Å²) in [5.74, 6) is 0.518. The van der Waals surface area contributed by atoms with Gasteiger partial charge in [-0.1, -0.05) is 29.8 Å². The van der Waals surface area contributed by atoms with E-state index in [1.54, 1.807) is 15.6 Å². The molecule has 4 rings (SSSR count). The molecule has 30 heavy (non-hydrogen) atoms. The van der Waals surface area contributed by atoms with Crippen LogP contribution < -0.4 is 0 Å². The number of benzene rings is 1. The zero-order valence-corrected chi connectivity index (χ0v) is 18.5. The van der Waals surface area contributed by atoms with E-state index in [1.165, 1.54) is 11.1 Å². The lowest BCUT2D eigenvalue weighted by molar-refractivity contribution is 0.659. The zero-order chi connectivity index (χ0) is 21.4. The van der Waals surface area contributed by atoms with Crippen LogP contribution in [0.5, 0.6) is 0 Å². The van der Waals surface area contributed by atoms with Crippen molar-refractivity contribution in [2.24, 2.45) is 5.10 Å². The van der Waals surface area contributed by atoms with Gasteiger partial charge in [-0.15, -0.1) is 5.10 Å². The number of aromatic nitrogens is 7. The van der Waals surface area contributed by atoms with Crippen molar-refractivity contribution in [1.29, 1.82) is 0 Å². The molecule has 8 nitrogen and oxygen atoms in total. The molecule has 0 amide bonds. The third-order valence-corrected chi connectivity index (χ3v) is 5.29. The molecule has 154 valence electrons. The van der Waals surface area contributed by atoms with Gasteiger partial charge in [0, 0.05) is 17.0 Å². The molecule has 0 aliphatic rings. The Hall–Kier alpha value is -3.33. The Morgan fingerprint density at radius 2 is 1.80 bits per heavy atom. The number of H-pyrrole nitrogens is 1. The van der Waals surface area contributed by atoms with Crippen LogP contribution >= 0.6 is 12.2 Å². The summed E-state index contributed by atoms with van der Waals surface area (Å²) >= 11 is 5.38. The summed E-state index contributed by atoms with van der Waals surface area (Å²) in [7, 11) is 0. The van der Waals surface area contributed by atoms with Gasteiger partial charge in [-0.2, -0.15) is 20.0 Å². The third-order valence-electron chi connectivity index (χ3n) is 5.03. The summed E-state index contributed by atoms with van der Waals surface area (Å²) in [4.78, 5) is 0. The van der Waals surface area contributed by atoms with Crippen LogP contribution in [0.15, 0.2) is 35.4 Å². The summed E-state index contributed by atoms with van der Waals surface area (Å²) in [6, 6.07) is 10.5. The van der Waals surface area contributed by atoms with Gasteiger partial charge in [0.2, 0.25) is 4.77 Å². The SMILES string of the molecule is Cc1ccc(Cn2nc(C)c(/C=N\n3c(-n4nc(C)cc4C)n[nH]c3=S)c2C)cc1. The molecular weight excluding hydrogens is 396 g/mol. The monoisotopic (exact) mass is 420 g/mol. The molecule has 0 atom stereocenters. The molecule has 3 heterocycles. The largest absolute Gasteiger partial charge is 0.271 e. The first-order valence-electron chi connectivity index (χ1n) is 9.68. The van der Waals surface area contributed by atoms with Crippen LogP contribution in [-0.4, -0.2) is 40.6 Å². The number of hydrogen-bond acceptors (Lipinski definition) is 5. The minimum atomic E-state index is 0.399. The van der Waals surface area contributed by atoms with E-state index in [4.69, 9.17) is 17.3 Å². The third kappa shape index (κ3) is 3.76. The Balaban J connectivity index is 1.66. The smallest absolute Gasteiger partial charge is 0.265 e. The fourth-order valence-corrected chi connectivity index (χ4v) is 3.56. The number of rotatable bonds is 5. The molecule has 1 N–H and O–H groups in total. The van der Waals surface area contributed by atoms with Crippen molar-refractivity contribution in [3.63, 3.8) is 0 Å². The Kier molecular flexibility index (Phi) is 5.21. The maximum absolute atomic E-state index is 5.38. The van der Waals surface area contributed by atoms with Gasteiger partial charge in [-0.05, 0) is 58.5 Å².